The van der Waals surface area contributed by atoms with Crippen LogP contribution in [0.1, 0.15) is 31.3 Å². The molecule has 0 aromatic carbocycles. The monoisotopic (exact) mass is 349 g/mol. The van der Waals surface area contributed by atoms with E-state index in [0.29, 0.717) is 17.6 Å². The summed E-state index contributed by atoms with van der Waals surface area (Å²) >= 11 is 1.39. The molecule has 0 aliphatic rings. The molecule has 0 bridgehead atoms. The molecular weight excluding hydrogens is 326 g/mol. The van der Waals surface area contributed by atoms with Crippen molar-refractivity contribution in [2.75, 3.05) is 31.4 Å². The second-order valence-corrected chi connectivity index (χ2v) is 7.71. The maximum atomic E-state index is 12.3. The first-order valence-corrected chi connectivity index (χ1v) is 8.33. The van der Waals surface area contributed by atoms with Gasteiger partial charge in [0.15, 0.2) is 0 Å². The Bertz CT molecular complexity index is 691. The van der Waals surface area contributed by atoms with Gasteiger partial charge in [0.2, 0.25) is 11.1 Å². The van der Waals surface area contributed by atoms with E-state index in [-0.39, 0.29) is 11.4 Å². The zero-order valence-electron chi connectivity index (χ0n) is 14.9. The van der Waals surface area contributed by atoms with Crippen molar-refractivity contribution < 1.29 is 4.79 Å². The number of nitrogens with one attached hydrogen (secondary N) is 1. The second-order valence-electron chi connectivity index (χ2n) is 6.73. The van der Waals surface area contributed by atoms with Crippen molar-refractivity contribution in [3.05, 3.63) is 23.0 Å². The van der Waals surface area contributed by atoms with Crippen molar-refractivity contribution in [1.82, 2.24) is 25.1 Å². The van der Waals surface area contributed by atoms with Crippen molar-refractivity contribution in [2.24, 2.45) is 0 Å². The van der Waals surface area contributed by atoms with E-state index >= 15 is 0 Å². The third-order valence-corrected chi connectivity index (χ3v) is 4.40. The highest BCUT2D eigenvalue weighted by molar-refractivity contribution is 7.15. The highest BCUT2D eigenvalue weighted by atomic mass is 32.1. The van der Waals surface area contributed by atoms with Crippen LogP contribution in [-0.2, 0) is 12.0 Å². The van der Waals surface area contributed by atoms with Crippen molar-refractivity contribution in [3.63, 3.8) is 0 Å². The first kappa shape index (κ1) is 18.1. The van der Waals surface area contributed by atoms with E-state index in [1.165, 1.54) is 11.3 Å². The highest BCUT2D eigenvalue weighted by Crippen LogP contribution is 2.27. The standard InChI is InChI=1S/C15H23N7OS/c1-15(2,3)11-19-20-13(24-11)18-14(23)22(6)9-10-7-16-12(17-8-10)21(4)5/h7-8H,9H2,1-6H3,(H,18,20,23). The quantitative estimate of drug-likeness (QED) is 0.912. The number of anilines is 2. The van der Waals surface area contributed by atoms with E-state index in [9.17, 15) is 4.79 Å². The highest BCUT2D eigenvalue weighted by Gasteiger charge is 2.20. The Morgan fingerprint density at radius 2 is 1.79 bits per heavy atom. The largest absolute Gasteiger partial charge is 0.347 e. The summed E-state index contributed by atoms with van der Waals surface area (Å²) in [6.45, 7) is 6.58. The zero-order chi connectivity index (χ0) is 17.9. The van der Waals surface area contributed by atoms with Gasteiger partial charge in [0, 0.05) is 44.5 Å². The SMILES string of the molecule is CN(Cc1cnc(N(C)C)nc1)C(=O)Nc1nnc(C(C)(C)C)s1. The van der Waals surface area contributed by atoms with Gasteiger partial charge in [0.25, 0.3) is 0 Å². The minimum absolute atomic E-state index is 0.0852. The van der Waals surface area contributed by atoms with Crippen molar-refractivity contribution in [3.8, 4) is 0 Å². The Labute approximate surface area is 145 Å². The smallest absolute Gasteiger partial charge is 0.323 e. The molecule has 0 aliphatic heterocycles. The summed E-state index contributed by atoms with van der Waals surface area (Å²) < 4.78 is 0. The van der Waals surface area contributed by atoms with Gasteiger partial charge in [-0.1, -0.05) is 32.1 Å². The van der Waals surface area contributed by atoms with E-state index in [2.05, 4.69) is 46.3 Å². The van der Waals surface area contributed by atoms with Crippen molar-refractivity contribution in [2.45, 2.75) is 32.7 Å². The minimum atomic E-state index is -0.247. The number of urea groups is 1. The summed E-state index contributed by atoms with van der Waals surface area (Å²) in [4.78, 5) is 24.1. The van der Waals surface area contributed by atoms with Gasteiger partial charge in [-0.25, -0.2) is 14.8 Å². The summed E-state index contributed by atoms with van der Waals surface area (Å²) in [5.74, 6) is 0.634. The first-order chi connectivity index (χ1) is 11.2. The molecule has 0 atom stereocenters. The predicted molar refractivity (Wildman–Crippen MR) is 95.5 cm³/mol. The summed E-state index contributed by atoms with van der Waals surface area (Å²) in [6.07, 6.45) is 3.43. The maximum absolute atomic E-state index is 12.3. The van der Waals surface area contributed by atoms with Gasteiger partial charge < -0.3 is 9.80 Å². The van der Waals surface area contributed by atoms with Gasteiger partial charge >= 0.3 is 6.03 Å². The van der Waals surface area contributed by atoms with E-state index in [1.54, 1.807) is 24.3 Å². The van der Waals surface area contributed by atoms with Crippen LogP contribution in [0.5, 0.6) is 0 Å². The average molecular weight is 349 g/mol. The molecule has 2 heterocycles. The molecule has 0 spiro atoms. The van der Waals surface area contributed by atoms with Gasteiger partial charge in [-0.15, -0.1) is 10.2 Å². The van der Waals surface area contributed by atoms with E-state index in [4.69, 9.17) is 0 Å². The topological polar surface area (TPSA) is 87.1 Å². The molecule has 9 heteroatoms. The van der Waals surface area contributed by atoms with Gasteiger partial charge in [0.1, 0.15) is 5.01 Å². The lowest BCUT2D eigenvalue weighted by atomic mass is 9.98. The molecule has 8 nitrogen and oxygen atoms in total. The van der Waals surface area contributed by atoms with Crippen LogP contribution in [0.4, 0.5) is 15.9 Å². The normalized spacial score (nSPS) is 11.2. The number of hydrogen-bond acceptors (Lipinski definition) is 7. The fraction of sp³-hybridized carbons (Fsp3) is 0.533. The average Bonchev–Trinajstić information content (AvgIpc) is 2.96. The first-order valence-electron chi connectivity index (χ1n) is 7.51. The number of rotatable bonds is 4. The minimum Gasteiger partial charge on any atom is -0.347 e. The Kier molecular flexibility index (Phi) is 5.33. The molecule has 2 aromatic heterocycles. The molecule has 0 aliphatic carbocycles. The van der Waals surface area contributed by atoms with Gasteiger partial charge in [0.05, 0.1) is 6.54 Å². The van der Waals surface area contributed by atoms with Crippen LogP contribution < -0.4 is 10.2 Å². The van der Waals surface area contributed by atoms with Crippen LogP contribution in [0.2, 0.25) is 0 Å². The van der Waals surface area contributed by atoms with Crippen molar-refractivity contribution >= 4 is 28.4 Å². The van der Waals surface area contributed by atoms with Crippen LogP contribution in [0.15, 0.2) is 12.4 Å². The molecule has 0 unspecified atom stereocenters. The summed E-state index contributed by atoms with van der Waals surface area (Å²) in [5.41, 5.74) is 0.767. The number of carbonyl (C=O) groups is 1. The molecule has 0 fully saturated rings. The van der Waals surface area contributed by atoms with Crippen LogP contribution in [0.25, 0.3) is 0 Å². The molecule has 130 valence electrons. The molecule has 0 saturated heterocycles. The zero-order valence-corrected chi connectivity index (χ0v) is 15.7. The molecule has 2 rings (SSSR count). The fourth-order valence-corrected chi connectivity index (χ4v) is 2.56. The van der Waals surface area contributed by atoms with Gasteiger partial charge in [-0.3, -0.25) is 5.32 Å². The number of carbonyl (C=O) groups excluding carboxylic acids is 1. The molecule has 1 N–H and O–H groups in total. The van der Waals surface area contributed by atoms with Crippen molar-refractivity contribution in [1.29, 1.82) is 0 Å². The molecular formula is C15H23N7OS. The van der Waals surface area contributed by atoms with E-state index in [0.717, 1.165) is 10.6 Å². The van der Waals surface area contributed by atoms with E-state index < -0.39 is 0 Å². The van der Waals surface area contributed by atoms with Crippen LogP contribution >= 0.6 is 11.3 Å². The Balaban J connectivity index is 1.95. The molecule has 24 heavy (non-hydrogen) atoms. The molecule has 2 aromatic rings. The van der Waals surface area contributed by atoms with Gasteiger partial charge in [-0.2, -0.15) is 0 Å². The summed E-state index contributed by atoms with van der Waals surface area (Å²) in [6, 6.07) is -0.247. The third-order valence-electron chi connectivity index (χ3n) is 3.14. The number of aromatic nitrogens is 4. The summed E-state index contributed by atoms with van der Waals surface area (Å²) in [7, 11) is 5.46. The van der Waals surface area contributed by atoms with Crippen LogP contribution in [0, 0.1) is 0 Å². The Morgan fingerprint density at radius 1 is 1.17 bits per heavy atom. The number of amides is 2. The van der Waals surface area contributed by atoms with Gasteiger partial charge in [-0.05, 0) is 0 Å². The Hall–Kier alpha value is -2.29. The second kappa shape index (κ2) is 7.08. The van der Waals surface area contributed by atoms with Crippen LogP contribution in [0.3, 0.4) is 0 Å². The van der Waals surface area contributed by atoms with Crippen LogP contribution in [-0.4, -0.2) is 52.2 Å². The molecule has 0 radical (unpaired) electrons. The predicted octanol–water partition coefficient (Wildman–Crippen LogP) is 2.36. The fourth-order valence-electron chi connectivity index (χ4n) is 1.77. The lowest BCUT2D eigenvalue weighted by molar-refractivity contribution is 0.220. The van der Waals surface area contributed by atoms with E-state index in [1.807, 2.05) is 19.0 Å². The number of nitrogens with zero attached hydrogens (tertiary/aromatic N) is 6. The Morgan fingerprint density at radius 3 is 2.29 bits per heavy atom. The molecule has 2 amide bonds. The third kappa shape index (κ3) is 4.60. The maximum Gasteiger partial charge on any atom is 0.323 e. The number of hydrogen-bond donors (Lipinski definition) is 1. The lowest BCUT2D eigenvalue weighted by Gasteiger charge is -2.17. The molecule has 0 saturated carbocycles. The summed E-state index contributed by atoms with van der Waals surface area (Å²) in [5, 5.41) is 12.3. The lowest BCUT2D eigenvalue weighted by Crippen LogP contribution is -2.31.